The predicted octanol–water partition coefficient (Wildman–Crippen LogP) is 0.214. The number of likely N-dealkylation sites (N-methyl/N-ethyl adjacent to an activating group) is 1. The van der Waals surface area contributed by atoms with E-state index in [2.05, 4.69) is 10.1 Å². The van der Waals surface area contributed by atoms with Crippen molar-refractivity contribution in [2.24, 2.45) is 7.05 Å². The Bertz CT molecular complexity index is 382. The molecule has 0 saturated heterocycles. The summed E-state index contributed by atoms with van der Waals surface area (Å²) in [6, 6.07) is 1.53. The molecule has 0 aliphatic heterocycles. The molecule has 1 rings (SSSR count). The number of hydrogen-bond acceptors (Lipinski definition) is 4. The maximum absolute atomic E-state index is 11.5. The number of methoxy groups -OCH3 is 1. The number of ether oxygens (including phenoxy) is 1. The molecule has 0 aliphatic carbocycles. The van der Waals surface area contributed by atoms with E-state index in [1.807, 2.05) is 0 Å². The molecule has 0 aromatic carbocycles. The van der Waals surface area contributed by atoms with Gasteiger partial charge in [0.25, 0.3) is 0 Å². The van der Waals surface area contributed by atoms with Crippen LogP contribution in [0.3, 0.4) is 0 Å². The Morgan fingerprint density at radius 1 is 1.53 bits per heavy atom. The molecular weight excluding hydrogens is 196 g/mol. The molecule has 1 heterocycles. The molecule has 0 saturated carbocycles. The summed E-state index contributed by atoms with van der Waals surface area (Å²) in [5.41, 5.74) is 0.879. The van der Waals surface area contributed by atoms with Crippen molar-refractivity contribution in [3.63, 3.8) is 0 Å². The van der Waals surface area contributed by atoms with Gasteiger partial charge in [0.15, 0.2) is 5.78 Å². The lowest BCUT2D eigenvalue weighted by Gasteiger charge is -1.98. The summed E-state index contributed by atoms with van der Waals surface area (Å²) >= 11 is 0. The van der Waals surface area contributed by atoms with Crippen molar-refractivity contribution in [1.82, 2.24) is 9.88 Å². The summed E-state index contributed by atoms with van der Waals surface area (Å²) in [5, 5.41) is 2.76. The van der Waals surface area contributed by atoms with Gasteiger partial charge in [-0.2, -0.15) is 0 Å². The second kappa shape index (κ2) is 4.75. The van der Waals surface area contributed by atoms with Crippen molar-refractivity contribution in [2.45, 2.75) is 0 Å². The largest absolute Gasteiger partial charge is 0.464 e. The summed E-state index contributed by atoms with van der Waals surface area (Å²) in [7, 11) is 4.70. The molecule has 0 spiro atoms. The highest BCUT2D eigenvalue weighted by molar-refractivity contribution is 6.00. The van der Waals surface area contributed by atoms with E-state index < -0.39 is 5.97 Å². The minimum atomic E-state index is -0.444. The van der Waals surface area contributed by atoms with Crippen LogP contribution in [-0.2, 0) is 11.8 Å². The number of carbonyl (C=O) groups is 2. The molecular formula is C10H14N2O3. The molecule has 5 nitrogen and oxygen atoms in total. The zero-order valence-corrected chi connectivity index (χ0v) is 9.03. The maximum Gasteiger partial charge on any atom is 0.354 e. The van der Waals surface area contributed by atoms with Gasteiger partial charge in [-0.25, -0.2) is 4.79 Å². The summed E-state index contributed by atoms with van der Waals surface area (Å²) in [5.74, 6) is -0.496. The Balaban J connectivity index is 2.95. The van der Waals surface area contributed by atoms with Gasteiger partial charge in [0, 0.05) is 18.8 Å². The van der Waals surface area contributed by atoms with E-state index in [-0.39, 0.29) is 12.3 Å². The first-order valence-electron chi connectivity index (χ1n) is 4.52. The van der Waals surface area contributed by atoms with Crippen LogP contribution in [0.15, 0.2) is 12.3 Å². The average molecular weight is 210 g/mol. The standard InChI is InChI=1S/C10H14N2O3/c1-11-5-9(13)7-4-8(10(14)15-3)12(2)6-7/h4,6,11H,5H2,1-3H3. The number of hydrogen-bond donors (Lipinski definition) is 1. The first-order chi connectivity index (χ1) is 7.10. The van der Waals surface area contributed by atoms with Crippen molar-refractivity contribution >= 4 is 11.8 Å². The van der Waals surface area contributed by atoms with E-state index in [1.165, 1.54) is 13.2 Å². The molecule has 0 atom stereocenters. The molecule has 82 valence electrons. The van der Waals surface area contributed by atoms with Crippen molar-refractivity contribution in [3.8, 4) is 0 Å². The van der Waals surface area contributed by atoms with E-state index >= 15 is 0 Å². The Morgan fingerprint density at radius 2 is 2.20 bits per heavy atom. The Kier molecular flexibility index (Phi) is 3.62. The number of ketones is 1. The van der Waals surface area contributed by atoms with Crippen LogP contribution < -0.4 is 5.32 Å². The maximum atomic E-state index is 11.5. The second-order valence-corrected chi connectivity index (χ2v) is 3.17. The van der Waals surface area contributed by atoms with E-state index in [0.29, 0.717) is 11.3 Å². The third kappa shape index (κ3) is 2.44. The van der Waals surface area contributed by atoms with Gasteiger partial charge in [0.2, 0.25) is 0 Å². The summed E-state index contributed by atoms with van der Waals surface area (Å²) in [4.78, 5) is 22.8. The van der Waals surface area contributed by atoms with Gasteiger partial charge in [0.1, 0.15) is 5.69 Å². The van der Waals surface area contributed by atoms with Crippen molar-refractivity contribution in [2.75, 3.05) is 20.7 Å². The highest BCUT2D eigenvalue weighted by Gasteiger charge is 2.15. The Hall–Kier alpha value is -1.62. The number of Topliss-reactive ketones (excluding diaryl/α,β-unsaturated/α-hetero) is 1. The van der Waals surface area contributed by atoms with Gasteiger partial charge >= 0.3 is 5.97 Å². The molecule has 0 fully saturated rings. The fourth-order valence-corrected chi connectivity index (χ4v) is 1.29. The molecule has 5 heteroatoms. The predicted molar refractivity (Wildman–Crippen MR) is 55.0 cm³/mol. The molecule has 0 aliphatic rings. The van der Waals surface area contributed by atoms with Crippen molar-refractivity contribution < 1.29 is 14.3 Å². The lowest BCUT2D eigenvalue weighted by atomic mass is 10.2. The van der Waals surface area contributed by atoms with Gasteiger partial charge in [-0.1, -0.05) is 0 Å². The Morgan fingerprint density at radius 3 is 2.73 bits per heavy atom. The van der Waals surface area contributed by atoms with Crippen LogP contribution in [0.1, 0.15) is 20.8 Å². The summed E-state index contributed by atoms with van der Waals surface area (Å²) < 4.78 is 6.16. The molecule has 0 radical (unpaired) electrons. The number of nitrogens with one attached hydrogen (secondary N) is 1. The highest BCUT2D eigenvalue weighted by atomic mass is 16.5. The average Bonchev–Trinajstić information content (AvgIpc) is 2.60. The van der Waals surface area contributed by atoms with Crippen LogP contribution in [0, 0.1) is 0 Å². The van der Waals surface area contributed by atoms with Crippen LogP contribution in [0.4, 0.5) is 0 Å². The normalized spacial score (nSPS) is 10.1. The summed E-state index contributed by atoms with van der Waals surface area (Å²) in [6.45, 7) is 0.255. The first kappa shape index (κ1) is 11.5. The smallest absolute Gasteiger partial charge is 0.354 e. The minimum Gasteiger partial charge on any atom is -0.464 e. The SMILES string of the molecule is CNCC(=O)c1cc(C(=O)OC)n(C)c1. The van der Waals surface area contributed by atoms with Gasteiger partial charge < -0.3 is 14.6 Å². The zero-order chi connectivity index (χ0) is 11.4. The topological polar surface area (TPSA) is 60.3 Å². The number of nitrogens with zero attached hydrogens (tertiary/aromatic N) is 1. The van der Waals surface area contributed by atoms with E-state index in [0.717, 1.165) is 0 Å². The van der Waals surface area contributed by atoms with Crippen LogP contribution >= 0.6 is 0 Å². The summed E-state index contributed by atoms with van der Waals surface area (Å²) in [6.07, 6.45) is 1.62. The highest BCUT2D eigenvalue weighted by Crippen LogP contribution is 2.08. The molecule has 1 aromatic rings. The van der Waals surface area contributed by atoms with E-state index in [4.69, 9.17) is 0 Å². The molecule has 0 bridgehead atoms. The quantitative estimate of drug-likeness (QED) is 0.570. The monoisotopic (exact) mass is 210 g/mol. The van der Waals surface area contributed by atoms with Crippen LogP contribution in [0.25, 0.3) is 0 Å². The van der Waals surface area contributed by atoms with Gasteiger partial charge in [-0.15, -0.1) is 0 Å². The molecule has 15 heavy (non-hydrogen) atoms. The van der Waals surface area contributed by atoms with Gasteiger partial charge in [-0.3, -0.25) is 4.79 Å². The minimum absolute atomic E-state index is 0.0525. The van der Waals surface area contributed by atoms with Gasteiger partial charge in [0.05, 0.1) is 13.7 Å². The lowest BCUT2D eigenvalue weighted by Crippen LogP contribution is -2.18. The fourth-order valence-electron chi connectivity index (χ4n) is 1.29. The Labute approximate surface area is 88.0 Å². The molecule has 0 unspecified atom stereocenters. The second-order valence-electron chi connectivity index (χ2n) is 3.17. The number of aryl methyl sites for hydroxylation is 1. The van der Waals surface area contributed by atoms with Crippen molar-refractivity contribution in [3.05, 3.63) is 23.5 Å². The van der Waals surface area contributed by atoms with Crippen LogP contribution in [-0.4, -0.2) is 37.0 Å². The zero-order valence-electron chi connectivity index (χ0n) is 9.03. The molecule has 0 amide bonds. The van der Waals surface area contributed by atoms with Crippen molar-refractivity contribution in [1.29, 1.82) is 0 Å². The lowest BCUT2D eigenvalue weighted by molar-refractivity contribution is 0.0590. The van der Waals surface area contributed by atoms with Crippen LogP contribution in [0.2, 0.25) is 0 Å². The third-order valence-electron chi connectivity index (χ3n) is 2.06. The third-order valence-corrected chi connectivity index (χ3v) is 2.06. The van der Waals surface area contributed by atoms with E-state index in [1.54, 1.807) is 24.9 Å². The fraction of sp³-hybridized carbons (Fsp3) is 0.400. The number of esters is 1. The number of carbonyl (C=O) groups excluding carboxylic acids is 2. The molecule has 1 N–H and O–H groups in total. The van der Waals surface area contributed by atoms with Crippen LogP contribution in [0.5, 0.6) is 0 Å². The number of aromatic nitrogens is 1. The first-order valence-corrected chi connectivity index (χ1v) is 4.52. The van der Waals surface area contributed by atoms with E-state index in [9.17, 15) is 9.59 Å². The van der Waals surface area contributed by atoms with Gasteiger partial charge in [-0.05, 0) is 13.1 Å². The number of rotatable bonds is 4. The molecule has 1 aromatic heterocycles.